The van der Waals surface area contributed by atoms with Gasteiger partial charge in [-0.1, -0.05) is 91.9 Å². The van der Waals surface area contributed by atoms with Crippen LogP contribution in [0.4, 0.5) is 0 Å². The van der Waals surface area contributed by atoms with Crippen molar-refractivity contribution in [3.63, 3.8) is 0 Å². The lowest BCUT2D eigenvalue weighted by atomic mass is 9.97. The standard InChI is InChI=1S/C24H28N2S3/c1-4-18(3)22-12-10-21(11-13-22)15-17-28-24-26-25-23(29-24)27-16-14-20-8-6-19(5-2)7-9-20/h5-13,18H,2,4,14-17H2,1,3H3/p+1. The third-order valence-corrected chi connectivity index (χ3v) is 8.29. The van der Waals surface area contributed by atoms with Crippen LogP contribution in [0.5, 0.6) is 0 Å². The van der Waals surface area contributed by atoms with Gasteiger partial charge in [0.15, 0.2) is 0 Å². The number of nitrogens with one attached hydrogen (secondary N) is 1. The second-order valence-corrected chi connectivity index (χ2v) is 10.8. The number of rotatable bonds is 11. The first-order valence-corrected chi connectivity index (χ1v) is 12.9. The van der Waals surface area contributed by atoms with Crippen LogP contribution in [0.2, 0.25) is 0 Å². The highest BCUT2D eigenvalue weighted by molar-refractivity contribution is 8.03. The Hall–Kier alpha value is -1.56. The van der Waals surface area contributed by atoms with E-state index >= 15 is 0 Å². The zero-order chi connectivity index (χ0) is 20.5. The predicted molar refractivity (Wildman–Crippen MR) is 129 cm³/mol. The molecule has 5 heteroatoms. The third-order valence-electron chi connectivity index (χ3n) is 5.04. The number of hydrogen-bond donors (Lipinski definition) is 0. The van der Waals surface area contributed by atoms with Crippen LogP contribution in [-0.4, -0.2) is 16.6 Å². The van der Waals surface area contributed by atoms with Crippen molar-refractivity contribution in [2.24, 2.45) is 0 Å². The molecule has 1 unspecified atom stereocenters. The Morgan fingerprint density at radius 3 is 2.24 bits per heavy atom. The van der Waals surface area contributed by atoms with Crippen molar-refractivity contribution in [2.45, 2.75) is 47.7 Å². The van der Waals surface area contributed by atoms with Gasteiger partial charge in [-0.05, 0) is 70.5 Å². The molecule has 3 rings (SSSR count). The summed E-state index contributed by atoms with van der Waals surface area (Å²) in [5.41, 5.74) is 5.38. The topological polar surface area (TPSA) is 27.0 Å². The Kier molecular flexibility index (Phi) is 8.84. The summed E-state index contributed by atoms with van der Waals surface area (Å²) in [5.74, 6) is 2.76. The van der Waals surface area contributed by atoms with Gasteiger partial charge in [0.2, 0.25) is 4.34 Å². The zero-order valence-corrected chi connectivity index (χ0v) is 19.6. The normalized spacial score (nSPS) is 12.1. The first kappa shape index (κ1) is 22.1. The summed E-state index contributed by atoms with van der Waals surface area (Å²) >= 11 is 5.45. The maximum atomic E-state index is 4.46. The second-order valence-electron chi connectivity index (χ2n) is 7.07. The van der Waals surface area contributed by atoms with Gasteiger partial charge < -0.3 is 0 Å². The van der Waals surface area contributed by atoms with E-state index in [0.29, 0.717) is 5.92 Å². The highest BCUT2D eigenvalue weighted by Crippen LogP contribution is 2.28. The highest BCUT2D eigenvalue weighted by Gasteiger charge is 2.12. The lowest BCUT2D eigenvalue weighted by molar-refractivity contribution is -0.492. The summed E-state index contributed by atoms with van der Waals surface area (Å²) in [5, 5.41) is 7.65. The molecule has 152 valence electrons. The van der Waals surface area contributed by atoms with Crippen LogP contribution in [0.25, 0.3) is 6.08 Å². The van der Waals surface area contributed by atoms with Gasteiger partial charge in [-0.2, -0.15) is 0 Å². The molecular weight excluding hydrogens is 412 g/mol. The number of hydrogen-bond acceptors (Lipinski definition) is 4. The van der Waals surface area contributed by atoms with E-state index in [-0.39, 0.29) is 0 Å². The average molecular weight is 442 g/mol. The lowest BCUT2D eigenvalue weighted by Gasteiger charge is -2.09. The average Bonchev–Trinajstić information content (AvgIpc) is 3.22. The first-order chi connectivity index (χ1) is 14.2. The second kappa shape index (κ2) is 11.6. The monoisotopic (exact) mass is 441 g/mol. The number of benzene rings is 2. The number of aryl methyl sites for hydroxylation is 2. The third kappa shape index (κ3) is 7.02. The summed E-state index contributed by atoms with van der Waals surface area (Å²) in [4.78, 5) is 0. The Morgan fingerprint density at radius 2 is 1.62 bits per heavy atom. The fourth-order valence-electron chi connectivity index (χ4n) is 2.93. The van der Waals surface area contributed by atoms with Crippen LogP contribution >= 0.6 is 34.9 Å². The molecular formula is C24H29N2S3+. The van der Waals surface area contributed by atoms with E-state index in [1.54, 1.807) is 11.3 Å². The molecule has 0 bridgehead atoms. The van der Waals surface area contributed by atoms with Crippen molar-refractivity contribution in [1.82, 2.24) is 5.10 Å². The summed E-state index contributed by atoms with van der Waals surface area (Å²) < 4.78 is 2.31. The van der Waals surface area contributed by atoms with Gasteiger partial charge in [-0.3, -0.25) is 0 Å². The Balaban J connectivity index is 1.39. The molecule has 0 aliphatic heterocycles. The van der Waals surface area contributed by atoms with Crippen molar-refractivity contribution in [3.8, 4) is 0 Å². The van der Waals surface area contributed by atoms with Crippen molar-refractivity contribution >= 4 is 40.9 Å². The summed E-state index contributed by atoms with van der Waals surface area (Å²) in [6, 6.07) is 17.7. The molecule has 0 aliphatic rings. The van der Waals surface area contributed by atoms with Crippen molar-refractivity contribution in [1.29, 1.82) is 0 Å². The van der Waals surface area contributed by atoms with Crippen LogP contribution in [0.15, 0.2) is 63.8 Å². The van der Waals surface area contributed by atoms with Gasteiger partial charge in [-0.25, -0.2) is 0 Å². The summed E-state index contributed by atoms with van der Waals surface area (Å²) in [6.07, 6.45) is 5.21. The molecule has 2 aromatic carbocycles. The van der Waals surface area contributed by atoms with E-state index in [4.69, 9.17) is 0 Å². The number of aromatic amines is 1. The summed E-state index contributed by atoms with van der Waals surface area (Å²) in [7, 11) is 0. The number of aromatic nitrogens is 2. The van der Waals surface area contributed by atoms with Crippen molar-refractivity contribution in [3.05, 3.63) is 77.4 Å². The molecule has 0 fully saturated rings. The minimum absolute atomic E-state index is 0.646. The predicted octanol–water partition coefficient (Wildman–Crippen LogP) is 6.78. The molecule has 2 nitrogen and oxygen atoms in total. The molecule has 1 aromatic heterocycles. The Labute approximate surface area is 187 Å². The van der Waals surface area contributed by atoms with Crippen molar-refractivity contribution < 1.29 is 5.10 Å². The maximum absolute atomic E-state index is 4.46. The van der Waals surface area contributed by atoms with Crippen LogP contribution in [-0.2, 0) is 12.8 Å². The highest BCUT2D eigenvalue weighted by atomic mass is 32.2. The van der Waals surface area contributed by atoms with Gasteiger partial charge in [0.05, 0.1) is 0 Å². The van der Waals surface area contributed by atoms with Crippen LogP contribution in [0.3, 0.4) is 0 Å². The van der Waals surface area contributed by atoms with E-state index in [9.17, 15) is 0 Å². The van der Waals surface area contributed by atoms with E-state index < -0.39 is 0 Å². The van der Waals surface area contributed by atoms with Gasteiger partial charge in [0.1, 0.15) is 0 Å². The Bertz CT molecular complexity index is 885. The molecule has 1 atom stereocenters. The van der Waals surface area contributed by atoms with E-state index in [2.05, 4.69) is 79.2 Å². The van der Waals surface area contributed by atoms with E-state index in [1.807, 2.05) is 29.6 Å². The smallest absolute Gasteiger partial charge is 0.0985 e. The van der Waals surface area contributed by atoms with Crippen LogP contribution < -0.4 is 5.10 Å². The molecule has 0 spiro atoms. The quantitative estimate of drug-likeness (QED) is 0.307. The largest absolute Gasteiger partial charge is 0.322 e. The molecule has 1 heterocycles. The zero-order valence-electron chi connectivity index (χ0n) is 17.2. The van der Waals surface area contributed by atoms with Crippen molar-refractivity contribution in [2.75, 3.05) is 11.5 Å². The van der Waals surface area contributed by atoms with Gasteiger partial charge in [0.25, 0.3) is 0 Å². The minimum Gasteiger partial charge on any atom is -0.0985 e. The van der Waals surface area contributed by atoms with Gasteiger partial charge in [0, 0.05) is 16.6 Å². The fourth-order valence-corrected chi connectivity index (χ4v) is 6.14. The molecule has 1 N–H and O–H groups in total. The fraction of sp³-hybridized carbons (Fsp3) is 0.333. The minimum atomic E-state index is 0.646. The van der Waals surface area contributed by atoms with Crippen LogP contribution in [0.1, 0.15) is 48.4 Å². The molecule has 0 radical (unpaired) electrons. The van der Waals surface area contributed by atoms with Crippen LogP contribution in [0, 0.1) is 0 Å². The van der Waals surface area contributed by atoms with E-state index in [0.717, 1.165) is 28.7 Å². The molecule has 0 saturated heterocycles. The van der Waals surface area contributed by atoms with Gasteiger partial charge >= 0.3 is 4.34 Å². The van der Waals surface area contributed by atoms with E-state index in [1.165, 1.54) is 33.0 Å². The number of nitrogens with zero attached hydrogens (tertiary/aromatic N) is 1. The molecule has 3 aromatic rings. The van der Waals surface area contributed by atoms with Gasteiger partial charge in [-0.15, -0.1) is 0 Å². The maximum Gasteiger partial charge on any atom is 0.322 e. The molecule has 0 amide bonds. The molecule has 0 saturated carbocycles. The molecule has 0 aliphatic carbocycles. The molecule has 29 heavy (non-hydrogen) atoms. The first-order valence-electron chi connectivity index (χ1n) is 10.1. The number of thioether (sulfide) groups is 2. The lowest BCUT2D eigenvalue weighted by Crippen LogP contribution is -2.04. The SMILES string of the molecule is C=Cc1ccc(CCSc2n[nH+]c(SCCc3ccc(C(C)CC)cc3)s2)cc1. The Morgan fingerprint density at radius 1 is 1.00 bits per heavy atom. The summed E-state index contributed by atoms with van der Waals surface area (Å²) in [6.45, 7) is 8.33. The number of H-pyrrole nitrogens is 1.